The van der Waals surface area contributed by atoms with Crippen molar-refractivity contribution < 1.29 is 22.7 Å². The molecule has 4 aromatic rings. The molecule has 1 fully saturated rings. The maximum Gasteiger partial charge on any atom is 0.264 e. The first-order valence-corrected chi connectivity index (χ1v) is 18.2. The number of ether oxygens (including phenoxy) is 1. The zero-order chi connectivity index (χ0) is 34.1. The second kappa shape index (κ2) is 16.2. The van der Waals surface area contributed by atoms with Gasteiger partial charge in [-0.1, -0.05) is 90.7 Å². The predicted molar refractivity (Wildman–Crippen MR) is 190 cm³/mol. The van der Waals surface area contributed by atoms with Crippen LogP contribution in [0, 0.1) is 6.92 Å². The lowest BCUT2D eigenvalue weighted by Crippen LogP contribution is -2.54. The van der Waals surface area contributed by atoms with Gasteiger partial charge < -0.3 is 15.0 Å². The van der Waals surface area contributed by atoms with Crippen LogP contribution in [0.1, 0.15) is 49.3 Å². The minimum atomic E-state index is -4.21. The van der Waals surface area contributed by atoms with Gasteiger partial charge in [-0.3, -0.25) is 13.9 Å². The van der Waals surface area contributed by atoms with Crippen LogP contribution in [0.15, 0.2) is 108 Å². The van der Waals surface area contributed by atoms with E-state index in [2.05, 4.69) is 5.32 Å². The third kappa shape index (κ3) is 8.76. The van der Waals surface area contributed by atoms with Crippen molar-refractivity contribution >= 4 is 39.1 Å². The van der Waals surface area contributed by atoms with E-state index in [1.54, 1.807) is 48.5 Å². The number of carbonyl (C=O) groups excluding carboxylic acids is 2. The molecule has 8 nitrogen and oxygen atoms in total. The maximum atomic E-state index is 14.7. The number of halogens is 1. The Morgan fingerprint density at radius 2 is 1.54 bits per heavy atom. The lowest BCUT2D eigenvalue weighted by molar-refractivity contribution is -0.140. The molecule has 10 heteroatoms. The van der Waals surface area contributed by atoms with Crippen molar-refractivity contribution in [3.05, 3.63) is 125 Å². The maximum absolute atomic E-state index is 14.7. The van der Waals surface area contributed by atoms with Crippen molar-refractivity contribution in [2.45, 2.75) is 69.5 Å². The number of nitrogens with zero attached hydrogens (tertiary/aromatic N) is 2. The molecule has 0 bridgehead atoms. The van der Waals surface area contributed by atoms with E-state index in [-0.39, 0.29) is 29.8 Å². The molecule has 1 saturated carbocycles. The second-order valence-electron chi connectivity index (χ2n) is 12.1. The molecule has 0 aromatic heterocycles. The van der Waals surface area contributed by atoms with E-state index in [9.17, 15) is 18.0 Å². The molecule has 252 valence electrons. The summed E-state index contributed by atoms with van der Waals surface area (Å²) < 4.78 is 35.2. The highest BCUT2D eigenvalue weighted by Gasteiger charge is 2.35. The minimum Gasteiger partial charge on any atom is -0.494 e. The van der Waals surface area contributed by atoms with Gasteiger partial charge in [0.05, 0.1) is 17.2 Å². The Labute approximate surface area is 288 Å². The third-order valence-electron chi connectivity index (χ3n) is 8.59. The Hall–Kier alpha value is -4.34. The largest absolute Gasteiger partial charge is 0.494 e. The van der Waals surface area contributed by atoms with Crippen molar-refractivity contribution in [3.8, 4) is 5.75 Å². The molecule has 1 N–H and O–H groups in total. The van der Waals surface area contributed by atoms with Gasteiger partial charge in [0.2, 0.25) is 11.8 Å². The monoisotopic (exact) mass is 687 g/mol. The number of carbonyl (C=O) groups is 2. The van der Waals surface area contributed by atoms with Crippen LogP contribution in [-0.2, 0) is 32.6 Å². The summed E-state index contributed by atoms with van der Waals surface area (Å²) in [5, 5.41) is 3.63. The average Bonchev–Trinajstić information content (AvgIpc) is 3.60. The molecule has 1 atom stereocenters. The average molecular weight is 688 g/mol. The van der Waals surface area contributed by atoms with E-state index in [0.717, 1.165) is 41.1 Å². The zero-order valence-corrected chi connectivity index (χ0v) is 28.9. The zero-order valence-electron chi connectivity index (χ0n) is 27.3. The summed E-state index contributed by atoms with van der Waals surface area (Å²) >= 11 is 6.61. The Balaban J connectivity index is 1.57. The molecule has 4 aromatic carbocycles. The number of hydrogen-bond acceptors (Lipinski definition) is 5. The number of hydrogen-bond donors (Lipinski definition) is 1. The lowest BCUT2D eigenvalue weighted by atomic mass is 10.0. The molecule has 0 aliphatic heterocycles. The fraction of sp³-hybridized carbons (Fsp3) is 0.316. The van der Waals surface area contributed by atoms with Crippen LogP contribution < -0.4 is 14.4 Å². The van der Waals surface area contributed by atoms with E-state index in [4.69, 9.17) is 16.3 Å². The molecular formula is C38H42ClN3O5S. The summed E-state index contributed by atoms with van der Waals surface area (Å²) in [4.78, 5) is 30.4. The molecule has 48 heavy (non-hydrogen) atoms. The fourth-order valence-electron chi connectivity index (χ4n) is 5.97. The molecule has 1 unspecified atom stereocenters. The van der Waals surface area contributed by atoms with Gasteiger partial charge in [0.1, 0.15) is 18.3 Å². The van der Waals surface area contributed by atoms with E-state index < -0.39 is 28.5 Å². The van der Waals surface area contributed by atoms with Crippen molar-refractivity contribution in [3.63, 3.8) is 0 Å². The van der Waals surface area contributed by atoms with Gasteiger partial charge in [-0.2, -0.15) is 0 Å². The topological polar surface area (TPSA) is 96.0 Å². The quantitative estimate of drug-likeness (QED) is 0.155. The summed E-state index contributed by atoms with van der Waals surface area (Å²) in [5.41, 5.74) is 2.71. The highest BCUT2D eigenvalue weighted by molar-refractivity contribution is 7.92. The van der Waals surface area contributed by atoms with E-state index in [1.165, 1.54) is 17.0 Å². The van der Waals surface area contributed by atoms with Crippen LogP contribution in [-0.4, -0.2) is 50.4 Å². The first-order chi connectivity index (χ1) is 23.2. The molecule has 1 aliphatic carbocycles. The second-order valence-corrected chi connectivity index (χ2v) is 14.3. The van der Waals surface area contributed by atoms with Gasteiger partial charge in [0.25, 0.3) is 10.0 Å². The number of rotatable bonds is 14. The molecule has 0 heterocycles. The summed E-state index contributed by atoms with van der Waals surface area (Å²) in [6.07, 6.45) is 4.06. The van der Waals surface area contributed by atoms with Crippen LogP contribution >= 0.6 is 11.6 Å². The first kappa shape index (κ1) is 35.0. The Kier molecular flexibility index (Phi) is 11.8. The molecule has 0 saturated heterocycles. The van der Waals surface area contributed by atoms with Crippen molar-refractivity contribution in [1.82, 2.24) is 10.2 Å². The van der Waals surface area contributed by atoms with Gasteiger partial charge in [-0.25, -0.2) is 8.42 Å². The van der Waals surface area contributed by atoms with Gasteiger partial charge in [-0.15, -0.1) is 0 Å². The first-order valence-electron chi connectivity index (χ1n) is 16.3. The van der Waals surface area contributed by atoms with Gasteiger partial charge >= 0.3 is 0 Å². The smallest absolute Gasteiger partial charge is 0.264 e. The summed E-state index contributed by atoms with van der Waals surface area (Å²) in [5.74, 6) is -0.241. The van der Waals surface area contributed by atoms with Crippen LogP contribution in [0.25, 0.3) is 0 Å². The number of sulfonamides is 1. The predicted octanol–water partition coefficient (Wildman–Crippen LogP) is 6.94. The van der Waals surface area contributed by atoms with E-state index >= 15 is 0 Å². The van der Waals surface area contributed by atoms with Gasteiger partial charge in [0.15, 0.2) is 0 Å². The molecule has 0 radical (unpaired) electrons. The Bertz CT molecular complexity index is 1780. The number of anilines is 1. The number of benzene rings is 4. The standard InChI is InChI=1S/C38H42ClN3O5S/c1-3-47-33-21-19-32(20-22-33)42(48(45,46)34-23-17-28(2)18-24-34)27-37(43)41(26-30-13-7-10-16-35(30)39)36(25-29-11-5-4-6-12-29)38(44)40-31-14-8-9-15-31/h4-7,10-13,16-24,31,36H,3,8-9,14-15,25-27H2,1-2H3,(H,40,44). The van der Waals surface area contributed by atoms with Crippen molar-refractivity contribution in [2.24, 2.45) is 0 Å². The molecule has 0 spiro atoms. The molecule has 1 aliphatic rings. The van der Waals surface area contributed by atoms with E-state index in [1.807, 2.05) is 56.3 Å². The van der Waals surface area contributed by atoms with Crippen LogP contribution in [0.3, 0.4) is 0 Å². The van der Waals surface area contributed by atoms with Crippen LogP contribution in [0.4, 0.5) is 5.69 Å². The summed E-state index contributed by atoms with van der Waals surface area (Å²) in [6.45, 7) is 3.65. The number of nitrogens with one attached hydrogen (secondary N) is 1. The van der Waals surface area contributed by atoms with Crippen LogP contribution in [0.5, 0.6) is 5.75 Å². The Morgan fingerprint density at radius 1 is 0.896 bits per heavy atom. The minimum absolute atomic E-state index is 0.00971. The SMILES string of the molecule is CCOc1ccc(N(CC(=O)N(Cc2ccccc2Cl)C(Cc2ccccc2)C(=O)NC2CCCC2)S(=O)(=O)c2ccc(C)cc2)cc1. The van der Waals surface area contributed by atoms with Gasteiger partial charge in [0, 0.05) is 24.0 Å². The number of aryl methyl sites for hydroxylation is 1. The number of amides is 2. The molecular weight excluding hydrogens is 646 g/mol. The van der Waals surface area contributed by atoms with Crippen molar-refractivity contribution in [2.75, 3.05) is 17.5 Å². The van der Waals surface area contributed by atoms with Crippen molar-refractivity contribution in [1.29, 1.82) is 0 Å². The van der Waals surface area contributed by atoms with Gasteiger partial charge in [-0.05, 0) is 80.3 Å². The normalized spacial score (nSPS) is 13.9. The highest BCUT2D eigenvalue weighted by atomic mass is 35.5. The summed E-state index contributed by atoms with van der Waals surface area (Å²) in [7, 11) is -4.21. The van der Waals surface area contributed by atoms with Crippen LogP contribution in [0.2, 0.25) is 5.02 Å². The van der Waals surface area contributed by atoms with E-state index in [0.29, 0.717) is 28.6 Å². The third-order valence-corrected chi connectivity index (χ3v) is 10.8. The summed E-state index contributed by atoms with van der Waals surface area (Å²) in [6, 6.07) is 28.9. The molecule has 2 amide bonds. The molecule has 5 rings (SSSR count). The fourth-order valence-corrected chi connectivity index (χ4v) is 7.58. The highest BCUT2D eigenvalue weighted by Crippen LogP contribution is 2.28. The lowest BCUT2D eigenvalue weighted by Gasteiger charge is -2.34. The Morgan fingerprint density at radius 3 is 2.19 bits per heavy atom.